The molecule has 1 amide bonds. The van der Waals surface area contributed by atoms with Gasteiger partial charge in [-0.05, 0) is 38.1 Å². The van der Waals surface area contributed by atoms with Crippen LogP contribution in [-0.2, 0) is 29.3 Å². The van der Waals surface area contributed by atoms with Gasteiger partial charge < -0.3 is 10.2 Å². The van der Waals surface area contributed by atoms with Gasteiger partial charge in [-0.1, -0.05) is 25.9 Å². The van der Waals surface area contributed by atoms with Gasteiger partial charge in [0.05, 0.1) is 9.79 Å². The van der Waals surface area contributed by atoms with E-state index in [4.69, 9.17) is 4.84 Å². The first kappa shape index (κ1) is 22.4. The Bertz CT molecular complexity index is 1000. The lowest BCUT2D eigenvalue weighted by Gasteiger charge is -2.25. The highest BCUT2D eigenvalue weighted by molar-refractivity contribution is 7.93. The number of nitrogens with one attached hydrogen (secondary N) is 1. The molecule has 1 unspecified atom stereocenters. The zero-order chi connectivity index (χ0) is 21.5. The van der Waals surface area contributed by atoms with Crippen LogP contribution in [0.1, 0.15) is 41.0 Å². The molecule has 156 valence electrons. The lowest BCUT2D eigenvalue weighted by atomic mass is 9.87. The second-order valence-electron chi connectivity index (χ2n) is 8.41. The highest BCUT2D eigenvalue weighted by Gasteiger charge is 2.44. The third-order valence-electron chi connectivity index (χ3n) is 4.67. The molecule has 1 N–H and O–H groups in total. The van der Waals surface area contributed by atoms with E-state index in [1.54, 1.807) is 0 Å². The van der Waals surface area contributed by atoms with Gasteiger partial charge >= 0.3 is 0 Å². The van der Waals surface area contributed by atoms with E-state index in [0.717, 1.165) is 6.26 Å². The van der Waals surface area contributed by atoms with Crippen molar-refractivity contribution < 1.29 is 26.5 Å². The van der Waals surface area contributed by atoms with Crippen molar-refractivity contribution in [2.45, 2.75) is 61.7 Å². The number of nitrogens with zero attached hydrogens (tertiary/aromatic N) is 1. The molecule has 1 aliphatic heterocycles. The summed E-state index contributed by atoms with van der Waals surface area (Å²) in [5, 5.41) is 6.40. The predicted octanol–water partition coefficient (Wildman–Crippen LogP) is 1.91. The van der Waals surface area contributed by atoms with E-state index in [1.807, 2.05) is 20.8 Å². The molecule has 1 atom stereocenters. The number of carbonyl (C=O) groups is 1. The number of hydrogen-bond acceptors (Lipinski definition) is 7. The van der Waals surface area contributed by atoms with Crippen molar-refractivity contribution in [3.8, 4) is 0 Å². The Labute approximate surface area is 166 Å². The van der Waals surface area contributed by atoms with Crippen LogP contribution in [0.4, 0.5) is 0 Å². The number of sulfone groups is 2. The van der Waals surface area contributed by atoms with Gasteiger partial charge in [-0.3, -0.25) is 4.79 Å². The molecule has 1 aromatic carbocycles. The van der Waals surface area contributed by atoms with Crippen molar-refractivity contribution in [1.82, 2.24) is 5.32 Å². The van der Waals surface area contributed by atoms with Gasteiger partial charge in [0, 0.05) is 18.1 Å². The number of hydrogen-bond donors (Lipinski definition) is 1. The fourth-order valence-corrected chi connectivity index (χ4v) is 4.49. The van der Waals surface area contributed by atoms with Crippen LogP contribution in [0.3, 0.4) is 0 Å². The normalized spacial score (nSPS) is 18.4. The van der Waals surface area contributed by atoms with Gasteiger partial charge in [0.25, 0.3) is 0 Å². The number of benzene rings is 1. The van der Waals surface area contributed by atoms with Crippen molar-refractivity contribution >= 4 is 31.4 Å². The first-order valence-corrected chi connectivity index (χ1v) is 12.0. The molecular weight excluding hydrogens is 404 g/mol. The van der Waals surface area contributed by atoms with Gasteiger partial charge in [-0.25, -0.2) is 16.8 Å². The highest BCUT2D eigenvalue weighted by Crippen LogP contribution is 2.30. The van der Waals surface area contributed by atoms with E-state index >= 15 is 0 Å². The van der Waals surface area contributed by atoms with Crippen LogP contribution in [0, 0.1) is 5.41 Å². The van der Waals surface area contributed by atoms with E-state index in [9.17, 15) is 21.6 Å². The number of oxime groups is 1. The summed E-state index contributed by atoms with van der Waals surface area (Å²) in [7, 11) is -7.54. The lowest BCUT2D eigenvalue weighted by Crippen LogP contribution is -2.49. The number of carbonyl (C=O) groups excluding carboxylic acids is 1. The standard InChI is InChI=1S/C18H26N2O6S2/c1-17(2,3)14-11-15(20-26-14)19-16(21)18(4,5)28(24,25)13-9-7-12(8-10-13)27(6,22)23/h7-10,14H,11H2,1-6H3,(H,19,20,21). The second-order valence-corrected chi connectivity index (χ2v) is 12.9. The molecule has 0 saturated heterocycles. The molecule has 0 saturated carbocycles. The fraction of sp³-hybridized carbons (Fsp3) is 0.556. The maximum absolute atomic E-state index is 13.0. The molecule has 2 rings (SSSR count). The van der Waals surface area contributed by atoms with Gasteiger partial charge in [0.15, 0.2) is 25.5 Å². The Morgan fingerprint density at radius 3 is 1.96 bits per heavy atom. The Morgan fingerprint density at radius 2 is 1.54 bits per heavy atom. The molecule has 1 aliphatic rings. The van der Waals surface area contributed by atoms with Crippen LogP contribution >= 0.6 is 0 Å². The van der Waals surface area contributed by atoms with Gasteiger partial charge in [-0.15, -0.1) is 0 Å². The molecule has 0 bridgehead atoms. The summed E-state index contributed by atoms with van der Waals surface area (Å²) in [4.78, 5) is 17.9. The minimum absolute atomic E-state index is 0.000565. The molecule has 1 aromatic rings. The zero-order valence-electron chi connectivity index (χ0n) is 16.8. The Kier molecular flexibility index (Phi) is 5.70. The van der Waals surface area contributed by atoms with E-state index < -0.39 is 30.3 Å². The first-order valence-electron chi connectivity index (χ1n) is 8.66. The van der Waals surface area contributed by atoms with Crippen LogP contribution in [0.5, 0.6) is 0 Å². The Hall–Kier alpha value is -1.94. The molecule has 10 heteroatoms. The van der Waals surface area contributed by atoms with Crippen LogP contribution in [0.15, 0.2) is 39.2 Å². The fourth-order valence-electron chi connectivity index (χ4n) is 2.48. The Morgan fingerprint density at radius 1 is 1.04 bits per heavy atom. The smallest absolute Gasteiger partial charge is 0.246 e. The van der Waals surface area contributed by atoms with E-state index in [0.29, 0.717) is 6.42 Å². The van der Waals surface area contributed by atoms with E-state index in [1.165, 1.54) is 38.1 Å². The average molecular weight is 431 g/mol. The summed E-state index contributed by atoms with van der Waals surface area (Å²) in [5.41, 5.74) is -0.182. The summed E-state index contributed by atoms with van der Waals surface area (Å²) < 4.78 is 47.2. The van der Waals surface area contributed by atoms with Crippen molar-refractivity contribution in [1.29, 1.82) is 0 Å². The molecule has 8 nitrogen and oxygen atoms in total. The monoisotopic (exact) mass is 430 g/mol. The van der Waals surface area contributed by atoms with Gasteiger partial charge in [-0.2, -0.15) is 0 Å². The molecule has 28 heavy (non-hydrogen) atoms. The third-order valence-corrected chi connectivity index (χ3v) is 8.22. The summed E-state index contributed by atoms with van der Waals surface area (Å²) in [6.07, 6.45) is 1.18. The predicted molar refractivity (Wildman–Crippen MR) is 105 cm³/mol. The minimum atomic E-state index is -4.09. The minimum Gasteiger partial charge on any atom is -0.390 e. The van der Waals surface area contributed by atoms with Crippen LogP contribution in [0.2, 0.25) is 0 Å². The van der Waals surface area contributed by atoms with Gasteiger partial charge in [0.2, 0.25) is 5.91 Å². The molecule has 0 radical (unpaired) electrons. The highest BCUT2D eigenvalue weighted by atomic mass is 32.2. The molecule has 1 heterocycles. The molecule has 0 aliphatic carbocycles. The summed E-state index contributed by atoms with van der Waals surface area (Å²) in [5.74, 6) is -0.461. The van der Waals surface area contributed by atoms with Crippen LogP contribution in [-0.4, -0.2) is 45.7 Å². The largest absolute Gasteiger partial charge is 0.390 e. The first-order chi connectivity index (χ1) is 12.6. The molecular formula is C18H26N2O6S2. The van der Waals surface area contributed by atoms with E-state index in [2.05, 4.69) is 10.5 Å². The topological polar surface area (TPSA) is 119 Å². The molecule has 0 spiro atoms. The van der Waals surface area contributed by atoms with Crippen molar-refractivity contribution in [2.75, 3.05) is 6.26 Å². The maximum atomic E-state index is 13.0. The zero-order valence-corrected chi connectivity index (χ0v) is 18.4. The van der Waals surface area contributed by atoms with Crippen LogP contribution < -0.4 is 5.32 Å². The second kappa shape index (κ2) is 7.14. The summed E-state index contributed by atoms with van der Waals surface area (Å²) in [6, 6.07) is 4.79. The molecule has 0 aromatic heterocycles. The average Bonchev–Trinajstić information content (AvgIpc) is 3.02. The quantitative estimate of drug-likeness (QED) is 0.779. The summed E-state index contributed by atoms with van der Waals surface area (Å²) >= 11 is 0. The number of amidine groups is 1. The third kappa shape index (κ3) is 4.38. The summed E-state index contributed by atoms with van der Waals surface area (Å²) in [6.45, 7) is 8.52. The number of rotatable bonds is 4. The Balaban J connectivity index is 2.21. The van der Waals surface area contributed by atoms with Crippen molar-refractivity contribution in [3.05, 3.63) is 24.3 Å². The molecule has 0 fully saturated rings. The maximum Gasteiger partial charge on any atom is 0.246 e. The SMILES string of the molecule is CC(C)(C)C1CC(NC(=O)C(C)(C)S(=O)(=O)c2ccc(S(C)(=O)=O)cc2)=NO1. The number of amides is 1. The van der Waals surface area contributed by atoms with Crippen molar-refractivity contribution in [3.63, 3.8) is 0 Å². The van der Waals surface area contributed by atoms with Gasteiger partial charge in [0.1, 0.15) is 10.9 Å². The van der Waals surface area contributed by atoms with Crippen LogP contribution in [0.25, 0.3) is 0 Å². The van der Waals surface area contributed by atoms with E-state index in [-0.39, 0.29) is 27.1 Å². The lowest BCUT2D eigenvalue weighted by molar-refractivity contribution is -0.121. The van der Waals surface area contributed by atoms with Crippen molar-refractivity contribution in [2.24, 2.45) is 10.6 Å².